The Balaban J connectivity index is 1.83. The lowest BCUT2D eigenvalue weighted by Gasteiger charge is -2.07. The number of nitrogens with one attached hydrogen (secondary N) is 1. The Morgan fingerprint density at radius 1 is 1.26 bits per heavy atom. The van der Waals surface area contributed by atoms with E-state index in [4.69, 9.17) is 23.2 Å². The van der Waals surface area contributed by atoms with Crippen LogP contribution in [-0.2, 0) is 21.1 Å². The van der Waals surface area contributed by atoms with Gasteiger partial charge in [-0.3, -0.25) is 4.79 Å². The number of amides is 1. The van der Waals surface area contributed by atoms with Gasteiger partial charge in [-0.1, -0.05) is 23.2 Å². The van der Waals surface area contributed by atoms with Crippen LogP contribution in [0.2, 0.25) is 10.0 Å². The van der Waals surface area contributed by atoms with E-state index in [2.05, 4.69) is 10.3 Å². The molecule has 1 aromatic heterocycles. The van der Waals surface area contributed by atoms with E-state index in [9.17, 15) is 13.2 Å². The van der Waals surface area contributed by atoms with Crippen molar-refractivity contribution in [3.63, 3.8) is 0 Å². The van der Waals surface area contributed by atoms with Gasteiger partial charge in [0.1, 0.15) is 0 Å². The van der Waals surface area contributed by atoms with Gasteiger partial charge in [-0.15, -0.1) is 11.3 Å². The van der Waals surface area contributed by atoms with Gasteiger partial charge < -0.3 is 5.32 Å². The van der Waals surface area contributed by atoms with Crippen LogP contribution >= 0.6 is 34.5 Å². The molecule has 0 fully saturated rings. The molecule has 0 radical (unpaired) electrons. The Morgan fingerprint density at radius 2 is 2.04 bits per heavy atom. The highest BCUT2D eigenvalue weighted by molar-refractivity contribution is 7.91. The zero-order valence-corrected chi connectivity index (χ0v) is 15.1. The van der Waals surface area contributed by atoms with Crippen molar-refractivity contribution in [3.05, 3.63) is 44.8 Å². The molecule has 0 unspecified atom stereocenters. The Hall–Kier alpha value is -1.15. The predicted octanol–water partition coefficient (Wildman–Crippen LogP) is 2.97. The van der Waals surface area contributed by atoms with Gasteiger partial charge in [0.05, 0.1) is 31.9 Å². The lowest BCUT2D eigenvalue weighted by molar-refractivity contribution is -0.120. The number of hydrogen-bond acceptors (Lipinski definition) is 5. The molecule has 1 heterocycles. The van der Waals surface area contributed by atoms with Gasteiger partial charge in [-0.25, -0.2) is 13.4 Å². The Morgan fingerprint density at radius 3 is 2.70 bits per heavy atom. The van der Waals surface area contributed by atoms with Crippen LogP contribution in [0.3, 0.4) is 0 Å². The molecule has 0 bridgehead atoms. The molecule has 1 aromatic carbocycles. The van der Waals surface area contributed by atoms with Crippen LogP contribution in [0.4, 0.5) is 0 Å². The summed E-state index contributed by atoms with van der Waals surface area (Å²) in [5, 5.41) is 5.03. The quantitative estimate of drug-likeness (QED) is 0.785. The predicted molar refractivity (Wildman–Crippen MR) is 92.0 cm³/mol. The second-order valence-corrected chi connectivity index (χ2v) is 8.37. The Bertz CT molecular complexity index is 777. The number of nitrogens with zero attached hydrogens (tertiary/aromatic N) is 1. The fourth-order valence-corrected chi connectivity index (χ4v) is 4.01. The summed E-state index contributed by atoms with van der Waals surface area (Å²) in [6.45, 7) is 0.426. The van der Waals surface area contributed by atoms with Crippen molar-refractivity contribution in [3.8, 4) is 0 Å². The maximum atomic E-state index is 12.2. The first-order chi connectivity index (χ1) is 10.9. The topological polar surface area (TPSA) is 76.1 Å². The van der Waals surface area contributed by atoms with E-state index in [-0.39, 0.29) is 33.0 Å². The molecule has 1 N–H and O–H groups in total. The summed E-state index contributed by atoms with van der Waals surface area (Å²) in [6.07, 6.45) is 0.508. The molecular weight excluding hydrogens is 379 g/mol. The largest absolute Gasteiger partial charge is 0.356 e. The van der Waals surface area contributed by atoms with Crippen molar-refractivity contribution < 1.29 is 13.2 Å². The molecule has 0 saturated heterocycles. The van der Waals surface area contributed by atoms with E-state index in [1.165, 1.54) is 29.5 Å². The molecule has 5 nitrogen and oxygen atoms in total. The molecule has 0 saturated carbocycles. The van der Waals surface area contributed by atoms with Crippen LogP contribution in [0.5, 0.6) is 0 Å². The molecule has 9 heteroatoms. The SMILES string of the molecule is O=C(CCS(=O)(=O)c1ccc(Cl)c(Cl)c1)NCCc1cscn1. The number of rotatable bonds is 7. The number of thiazole rings is 1. The number of aromatic nitrogens is 1. The minimum atomic E-state index is -3.58. The van der Waals surface area contributed by atoms with Gasteiger partial charge in [0.25, 0.3) is 0 Å². The van der Waals surface area contributed by atoms with Gasteiger partial charge in [0.15, 0.2) is 9.84 Å². The summed E-state index contributed by atoms with van der Waals surface area (Å²) in [5.74, 6) is -0.600. The fraction of sp³-hybridized carbons (Fsp3) is 0.286. The highest BCUT2D eigenvalue weighted by Crippen LogP contribution is 2.25. The van der Waals surface area contributed by atoms with Gasteiger partial charge in [0, 0.05) is 24.8 Å². The highest BCUT2D eigenvalue weighted by Gasteiger charge is 2.17. The molecule has 2 rings (SSSR count). The zero-order chi connectivity index (χ0) is 16.9. The van der Waals surface area contributed by atoms with Gasteiger partial charge >= 0.3 is 0 Å². The standard InChI is InChI=1S/C14H14Cl2N2O3S2/c15-12-2-1-11(7-13(12)16)23(20,21)6-4-14(19)17-5-3-10-8-22-9-18-10/h1-2,7-9H,3-6H2,(H,17,19). The number of carbonyl (C=O) groups is 1. The maximum absolute atomic E-state index is 12.2. The first kappa shape index (κ1) is 18.2. The van der Waals surface area contributed by atoms with E-state index >= 15 is 0 Å². The van der Waals surface area contributed by atoms with Crippen LogP contribution in [-0.4, -0.2) is 31.6 Å². The molecule has 0 aliphatic heterocycles. The van der Waals surface area contributed by atoms with Crippen molar-refractivity contribution in [2.75, 3.05) is 12.3 Å². The van der Waals surface area contributed by atoms with Crippen LogP contribution in [0, 0.1) is 0 Å². The molecule has 23 heavy (non-hydrogen) atoms. The summed E-state index contributed by atoms with van der Waals surface area (Å²) in [6, 6.07) is 4.09. The van der Waals surface area contributed by atoms with E-state index in [0.717, 1.165) is 5.69 Å². The first-order valence-electron chi connectivity index (χ1n) is 6.70. The minimum absolute atomic E-state index is 0.0576. The highest BCUT2D eigenvalue weighted by atomic mass is 35.5. The van der Waals surface area contributed by atoms with E-state index < -0.39 is 9.84 Å². The zero-order valence-electron chi connectivity index (χ0n) is 12.0. The van der Waals surface area contributed by atoms with Gasteiger partial charge in [-0.2, -0.15) is 0 Å². The summed E-state index contributed by atoms with van der Waals surface area (Å²) in [5.41, 5.74) is 2.62. The van der Waals surface area contributed by atoms with Crippen LogP contribution in [0.1, 0.15) is 12.1 Å². The van der Waals surface area contributed by atoms with Crippen LogP contribution in [0.15, 0.2) is 34.0 Å². The summed E-state index contributed by atoms with van der Waals surface area (Å²) in [4.78, 5) is 15.9. The number of sulfone groups is 1. The van der Waals surface area contributed by atoms with Crippen molar-refractivity contribution in [2.45, 2.75) is 17.7 Å². The van der Waals surface area contributed by atoms with Crippen molar-refractivity contribution in [1.82, 2.24) is 10.3 Å². The van der Waals surface area contributed by atoms with Gasteiger partial charge in [0.2, 0.25) is 5.91 Å². The lowest BCUT2D eigenvalue weighted by atomic mass is 10.3. The number of halogens is 2. The smallest absolute Gasteiger partial charge is 0.221 e. The Labute approximate surface area is 148 Å². The summed E-state index contributed by atoms with van der Waals surface area (Å²) in [7, 11) is -3.58. The molecule has 0 aliphatic carbocycles. The molecule has 1 amide bonds. The van der Waals surface area contributed by atoms with Crippen molar-refractivity contribution >= 4 is 50.3 Å². The monoisotopic (exact) mass is 392 g/mol. The average molecular weight is 393 g/mol. The molecule has 124 valence electrons. The van der Waals surface area contributed by atoms with Crippen LogP contribution in [0.25, 0.3) is 0 Å². The third kappa shape index (κ3) is 5.46. The number of benzene rings is 1. The molecule has 2 aromatic rings. The normalized spacial score (nSPS) is 11.4. The molecule has 0 aliphatic rings. The van der Waals surface area contributed by atoms with Crippen molar-refractivity contribution in [2.24, 2.45) is 0 Å². The number of carbonyl (C=O) groups excluding carboxylic acids is 1. The van der Waals surface area contributed by atoms with E-state index in [0.29, 0.717) is 13.0 Å². The maximum Gasteiger partial charge on any atom is 0.221 e. The second-order valence-electron chi connectivity index (χ2n) is 4.72. The van der Waals surface area contributed by atoms with E-state index in [1.807, 2.05) is 5.38 Å². The van der Waals surface area contributed by atoms with E-state index in [1.54, 1.807) is 5.51 Å². The minimum Gasteiger partial charge on any atom is -0.356 e. The molecule has 0 atom stereocenters. The third-order valence-corrected chi connectivity index (χ3v) is 6.12. The molecule has 0 spiro atoms. The fourth-order valence-electron chi connectivity index (χ4n) is 1.79. The first-order valence-corrected chi connectivity index (χ1v) is 10.0. The second kappa shape index (κ2) is 8.10. The number of hydrogen-bond donors (Lipinski definition) is 1. The van der Waals surface area contributed by atoms with Crippen molar-refractivity contribution in [1.29, 1.82) is 0 Å². The third-order valence-electron chi connectivity index (χ3n) is 3.03. The summed E-state index contributed by atoms with van der Waals surface area (Å²) < 4.78 is 24.3. The van der Waals surface area contributed by atoms with Gasteiger partial charge in [-0.05, 0) is 18.2 Å². The average Bonchev–Trinajstić information content (AvgIpc) is 3.01. The summed E-state index contributed by atoms with van der Waals surface area (Å²) >= 11 is 13.1. The Kier molecular flexibility index (Phi) is 6.41. The lowest BCUT2D eigenvalue weighted by Crippen LogP contribution is -2.27. The van der Waals surface area contributed by atoms with Crippen LogP contribution < -0.4 is 5.32 Å². The molecular formula is C14H14Cl2N2O3S2.